The first-order valence-corrected chi connectivity index (χ1v) is 3.09. The Morgan fingerprint density at radius 2 is 2.33 bits per heavy atom. The fourth-order valence-corrected chi connectivity index (χ4v) is 0.716. The van der Waals surface area contributed by atoms with Crippen LogP contribution in [0.3, 0.4) is 0 Å². The van der Waals surface area contributed by atoms with Crippen LogP contribution in [0.1, 0.15) is 5.76 Å². The van der Waals surface area contributed by atoms with Crippen molar-refractivity contribution in [2.75, 3.05) is 0 Å². The van der Waals surface area contributed by atoms with Gasteiger partial charge < -0.3 is 4.42 Å². The maximum Gasteiger partial charge on any atom is 0.314 e. The van der Waals surface area contributed by atoms with Gasteiger partial charge in [-0.2, -0.15) is 0 Å². The molecule has 0 atom stereocenters. The molecular formula is C7H5NO4. The second-order valence-corrected chi connectivity index (χ2v) is 1.92. The summed E-state index contributed by atoms with van der Waals surface area (Å²) < 4.78 is 4.74. The first-order valence-electron chi connectivity index (χ1n) is 3.09. The number of nitrogens with zero attached hydrogens (tertiary/aromatic N) is 1. The minimum absolute atomic E-state index is 0.0760. The Morgan fingerprint density at radius 3 is 2.92 bits per heavy atom. The molecule has 0 bridgehead atoms. The van der Waals surface area contributed by atoms with Crippen molar-refractivity contribution in [3.63, 3.8) is 0 Å². The normalized spacial score (nSPS) is 10.3. The van der Waals surface area contributed by atoms with E-state index < -0.39 is 4.92 Å². The molecule has 0 saturated carbocycles. The second kappa shape index (κ2) is 3.47. The second-order valence-electron chi connectivity index (χ2n) is 1.92. The third kappa shape index (κ3) is 1.57. The standard InChI is InChI=1S/C7H5NO4/c9-4-1-2-7-6(8(10)11)3-5-12-7/h1-5H/b2-1+. The SMILES string of the molecule is O=C/C=C/c1occc1[N+](=O)[O-]. The first kappa shape index (κ1) is 8.19. The smallest absolute Gasteiger partial charge is 0.314 e. The molecule has 5 heteroatoms. The van der Waals surface area contributed by atoms with Crippen LogP contribution in [0, 0.1) is 10.1 Å². The van der Waals surface area contributed by atoms with E-state index in [9.17, 15) is 14.9 Å². The average molecular weight is 167 g/mol. The third-order valence-corrected chi connectivity index (χ3v) is 1.20. The zero-order valence-electron chi connectivity index (χ0n) is 5.97. The maximum absolute atomic E-state index is 10.3. The van der Waals surface area contributed by atoms with Crippen LogP contribution >= 0.6 is 0 Å². The summed E-state index contributed by atoms with van der Waals surface area (Å²) in [6.45, 7) is 0. The highest BCUT2D eigenvalue weighted by atomic mass is 16.6. The summed E-state index contributed by atoms with van der Waals surface area (Å²) in [6, 6.07) is 1.23. The largest absolute Gasteiger partial charge is 0.457 e. The molecule has 1 rings (SSSR count). The van der Waals surface area contributed by atoms with Crippen LogP contribution in [-0.2, 0) is 4.79 Å². The van der Waals surface area contributed by atoms with Crippen LogP contribution in [0.2, 0.25) is 0 Å². The minimum atomic E-state index is -0.575. The number of hydrogen-bond donors (Lipinski definition) is 0. The monoisotopic (exact) mass is 167 g/mol. The number of rotatable bonds is 3. The Bertz CT molecular complexity index is 326. The van der Waals surface area contributed by atoms with Crippen molar-refractivity contribution in [2.24, 2.45) is 0 Å². The maximum atomic E-state index is 10.3. The molecule has 62 valence electrons. The van der Waals surface area contributed by atoms with Crippen molar-refractivity contribution >= 4 is 18.0 Å². The lowest BCUT2D eigenvalue weighted by atomic mass is 10.3. The Hall–Kier alpha value is -1.91. The Morgan fingerprint density at radius 1 is 1.58 bits per heavy atom. The van der Waals surface area contributed by atoms with E-state index in [4.69, 9.17) is 4.42 Å². The van der Waals surface area contributed by atoms with Gasteiger partial charge in [0.05, 0.1) is 17.3 Å². The summed E-state index contributed by atoms with van der Waals surface area (Å²) >= 11 is 0. The zero-order chi connectivity index (χ0) is 8.97. The van der Waals surface area contributed by atoms with E-state index in [0.717, 1.165) is 6.08 Å². The van der Waals surface area contributed by atoms with Crippen molar-refractivity contribution < 1.29 is 14.1 Å². The van der Waals surface area contributed by atoms with E-state index in [-0.39, 0.29) is 11.4 Å². The van der Waals surface area contributed by atoms with Gasteiger partial charge in [0.25, 0.3) is 0 Å². The van der Waals surface area contributed by atoms with E-state index in [2.05, 4.69) is 0 Å². The van der Waals surface area contributed by atoms with E-state index >= 15 is 0 Å². The molecule has 0 aliphatic carbocycles. The van der Waals surface area contributed by atoms with Gasteiger partial charge in [-0.25, -0.2) is 0 Å². The van der Waals surface area contributed by atoms with Crippen LogP contribution in [0.25, 0.3) is 6.08 Å². The van der Waals surface area contributed by atoms with Gasteiger partial charge in [-0.3, -0.25) is 14.9 Å². The molecule has 1 heterocycles. The third-order valence-electron chi connectivity index (χ3n) is 1.20. The average Bonchev–Trinajstić information content (AvgIpc) is 2.48. The summed E-state index contributed by atoms with van der Waals surface area (Å²) in [6.07, 6.45) is 4.09. The van der Waals surface area contributed by atoms with Crippen LogP contribution in [0.4, 0.5) is 5.69 Å². The van der Waals surface area contributed by atoms with Crippen molar-refractivity contribution in [3.8, 4) is 0 Å². The summed E-state index contributed by atoms with van der Waals surface area (Å²) in [4.78, 5) is 19.6. The predicted octanol–water partition coefficient (Wildman–Crippen LogP) is 1.40. The number of furan rings is 1. The van der Waals surface area contributed by atoms with Gasteiger partial charge in [-0.15, -0.1) is 0 Å². The molecule has 0 aliphatic heterocycles. The Kier molecular flexibility index (Phi) is 2.37. The summed E-state index contributed by atoms with van der Waals surface area (Å²) in [5, 5.41) is 10.3. The van der Waals surface area contributed by atoms with Crippen LogP contribution in [0.15, 0.2) is 22.8 Å². The van der Waals surface area contributed by atoms with Crippen molar-refractivity contribution in [2.45, 2.75) is 0 Å². The van der Waals surface area contributed by atoms with Gasteiger partial charge in [0.2, 0.25) is 5.76 Å². The molecule has 0 aromatic carbocycles. The summed E-state index contributed by atoms with van der Waals surface area (Å²) in [5.41, 5.74) is -0.145. The number of aldehydes is 1. The lowest BCUT2D eigenvalue weighted by Crippen LogP contribution is -1.86. The van der Waals surface area contributed by atoms with Gasteiger partial charge in [-0.1, -0.05) is 0 Å². The van der Waals surface area contributed by atoms with Gasteiger partial charge in [0.15, 0.2) is 0 Å². The van der Waals surface area contributed by atoms with Gasteiger partial charge >= 0.3 is 5.69 Å². The molecule has 0 aliphatic rings. The summed E-state index contributed by atoms with van der Waals surface area (Å²) in [5.74, 6) is 0.0760. The number of carbonyl (C=O) groups is 1. The summed E-state index contributed by atoms with van der Waals surface area (Å²) in [7, 11) is 0. The van der Waals surface area contributed by atoms with Crippen LogP contribution in [-0.4, -0.2) is 11.2 Å². The van der Waals surface area contributed by atoms with E-state index in [1.54, 1.807) is 0 Å². The Labute approximate surface area is 67.4 Å². The number of nitro groups is 1. The van der Waals surface area contributed by atoms with Gasteiger partial charge in [-0.05, 0) is 12.2 Å². The zero-order valence-corrected chi connectivity index (χ0v) is 5.97. The van der Waals surface area contributed by atoms with Crippen molar-refractivity contribution in [3.05, 3.63) is 34.3 Å². The highest BCUT2D eigenvalue weighted by Crippen LogP contribution is 2.20. The van der Waals surface area contributed by atoms with E-state index in [0.29, 0.717) is 6.29 Å². The molecule has 0 spiro atoms. The minimum Gasteiger partial charge on any atom is -0.457 e. The van der Waals surface area contributed by atoms with E-state index in [1.165, 1.54) is 18.4 Å². The molecule has 5 nitrogen and oxygen atoms in total. The highest BCUT2D eigenvalue weighted by molar-refractivity contribution is 5.74. The number of carbonyl (C=O) groups excluding carboxylic acids is 1. The first-order chi connectivity index (χ1) is 5.75. The van der Waals surface area contributed by atoms with Gasteiger partial charge in [0, 0.05) is 0 Å². The van der Waals surface area contributed by atoms with Gasteiger partial charge in [0.1, 0.15) is 6.29 Å². The number of allylic oxidation sites excluding steroid dienone is 1. The fraction of sp³-hybridized carbons (Fsp3) is 0. The lowest BCUT2D eigenvalue weighted by Gasteiger charge is -1.85. The van der Waals surface area contributed by atoms with Crippen LogP contribution in [0.5, 0.6) is 0 Å². The van der Waals surface area contributed by atoms with Crippen molar-refractivity contribution in [1.29, 1.82) is 0 Å². The van der Waals surface area contributed by atoms with E-state index in [1.807, 2.05) is 0 Å². The number of hydrogen-bond acceptors (Lipinski definition) is 4. The highest BCUT2D eigenvalue weighted by Gasteiger charge is 2.13. The fourth-order valence-electron chi connectivity index (χ4n) is 0.716. The molecule has 1 aromatic heterocycles. The lowest BCUT2D eigenvalue weighted by molar-refractivity contribution is -0.385. The molecular weight excluding hydrogens is 162 g/mol. The molecule has 1 aromatic rings. The molecule has 0 radical (unpaired) electrons. The molecule has 0 N–H and O–H groups in total. The molecule has 0 amide bonds. The quantitative estimate of drug-likeness (QED) is 0.295. The molecule has 0 unspecified atom stereocenters. The van der Waals surface area contributed by atoms with Crippen LogP contribution < -0.4 is 0 Å². The molecule has 12 heavy (non-hydrogen) atoms. The molecule has 0 fully saturated rings. The molecule has 0 saturated heterocycles. The predicted molar refractivity (Wildman–Crippen MR) is 40.5 cm³/mol. The van der Waals surface area contributed by atoms with Crippen molar-refractivity contribution in [1.82, 2.24) is 0 Å². The topological polar surface area (TPSA) is 73.3 Å². The Balaban J connectivity index is 2.99.